The third-order valence-corrected chi connectivity index (χ3v) is 5.47. The van der Waals surface area contributed by atoms with E-state index in [-0.39, 0.29) is 0 Å². The van der Waals surface area contributed by atoms with Crippen LogP contribution in [0.1, 0.15) is 35.6 Å². The summed E-state index contributed by atoms with van der Waals surface area (Å²) in [5.74, 6) is 0. The predicted octanol–water partition coefficient (Wildman–Crippen LogP) is 2.34. The normalized spacial score (nSPS) is 15.2. The van der Waals surface area contributed by atoms with E-state index in [0.717, 1.165) is 16.7 Å². The van der Waals surface area contributed by atoms with E-state index < -0.39 is 0 Å². The maximum absolute atomic E-state index is 2.37. The molecule has 0 heterocycles. The molecule has 2 rings (SSSR count). The molecule has 16 heavy (non-hydrogen) atoms. The Labute approximate surface area is 102 Å². The van der Waals surface area contributed by atoms with Gasteiger partial charge in [0.25, 0.3) is 0 Å². The summed E-state index contributed by atoms with van der Waals surface area (Å²) in [5.41, 5.74) is 8.89. The zero-order chi connectivity index (χ0) is 11.9. The Balaban J connectivity index is 2.64. The van der Waals surface area contributed by atoms with Crippen LogP contribution in [0.4, 0.5) is 0 Å². The smallest absolute Gasteiger partial charge is 0.0392 e. The Morgan fingerprint density at radius 3 is 2.31 bits per heavy atom. The van der Waals surface area contributed by atoms with Crippen molar-refractivity contribution in [1.82, 2.24) is 0 Å². The third-order valence-electron chi connectivity index (χ3n) is 3.97. The summed E-state index contributed by atoms with van der Waals surface area (Å²) in [5, 5.41) is 1.59. The molecule has 1 aromatic carbocycles. The summed E-state index contributed by atoms with van der Waals surface area (Å²) in [6, 6.07) is 2.37. The van der Waals surface area contributed by atoms with Gasteiger partial charge in [0, 0.05) is 10.2 Å². The van der Waals surface area contributed by atoms with Crippen LogP contribution in [0.3, 0.4) is 0 Å². The molecule has 1 aromatic rings. The molecular formula is C15H20Si. The highest BCUT2D eigenvalue weighted by Gasteiger charge is 2.13. The van der Waals surface area contributed by atoms with E-state index in [2.05, 4.69) is 45.9 Å². The minimum absolute atomic E-state index is 1.11. The van der Waals surface area contributed by atoms with Gasteiger partial charge in [0.2, 0.25) is 0 Å². The first-order valence-electron chi connectivity index (χ1n) is 5.96. The zero-order valence-electron chi connectivity index (χ0n) is 10.9. The van der Waals surface area contributed by atoms with Crippen LogP contribution < -0.4 is 5.19 Å². The molecule has 84 valence electrons. The molecule has 0 bridgehead atoms. The lowest BCUT2D eigenvalue weighted by atomic mass is 9.93. The fourth-order valence-electron chi connectivity index (χ4n) is 2.46. The van der Waals surface area contributed by atoms with E-state index in [9.17, 15) is 0 Å². The second kappa shape index (κ2) is 4.06. The third kappa shape index (κ3) is 1.69. The van der Waals surface area contributed by atoms with Gasteiger partial charge in [-0.15, -0.1) is 0 Å². The average molecular weight is 228 g/mol. The number of hydrogen-bond acceptors (Lipinski definition) is 0. The van der Waals surface area contributed by atoms with Gasteiger partial charge in [-0.25, -0.2) is 0 Å². The molecule has 1 aliphatic rings. The zero-order valence-corrected chi connectivity index (χ0v) is 12.9. The number of rotatable bonds is 1. The van der Waals surface area contributed by atoms with Crippen molar-refractivity contribution in [3.63, 3.8) is 0 Å². The van der Waals surface area contributed by atoms with Crippen LogP contribution >= 0.6 is 0 Å². The van der Waals surface area contributed by atoms with Crippen molar-refractivity contribution < 1.29 is 0 Å². The van der Waals surface area contributed by atoms with Crippen LogP contribution in [0, 0.1) is 20.8 Å². The highest BCUT2D eigenvalue weighted by molar-refractivity contribution is 6.34. The SMILES string of the molecule is CC1=C(c2cc(C)c(C)c([SiH3])c2C)CC=C1. The van der Waals surface area contributed by atoms with Crippen LogP contribution in [0.5, 0.6) is 0 Å². The molecular weight excluding hydrogens is 208 g/mol. The van der Waals surface area contributed by atoms with E-state index >= 15 is 0 Å². The summed E-state index contributed by atoms with van der Waals surface area (Å²) in [6.45, 7) is 8.99. The molecule has 0 saturated carbocycles. The standard InChI is InChI=1S/C15H20Si/c1-9-6-5-7-13(9)14-8-10(2)11(3)15(16)12(14)4/h5-6,8H,7H2,1-4,16H3. The maximum atomic E-state index is 2.37. The van der Waals surface area contributed by atoms with Gasteiger partial charge in [-0.2, -0.15) is 0 Å². The van der Waals surface area contributed by atoms with E-state index in [1.54, 1.807) is 5.19 Å². The van der Waals surface area contributed by atoms with Crippen molar-refractivity contribution >= 4 is 21.0 Å². The number of aryl methyl sites for hydroxylation is 1. The Morgan fingerprint density at radius 2 is 1.75 bits per heavy atom. The number of allylic oxidation sites excluding steroid dienone is 4. The van der Waals surface area contributed by atoms with Crippen molar-refractivity contribution in [1.29, 1.82) is 0 Å². The Morgan fingerprint density at radius 1 is 1.06 bits per heavy atom. The molecule has 0 nitrogen and oxygen atoms in total. The van der Waals surface area contributed by atoms with Crippen LogP contribution in [0.2, 0.25) is 0 Å². The van der Waals surface area contributed by atoms with Crippen LogP contribution in [-0.2, 0) is 0 Å². The van der Waals surface area contributed by atoms with E-state index in [1.165, 1.54) is 33.4 Å². The molecule has 0 amide bonds. The molecule has 0 N–H and O–H groups in total. The Hall–Kier alpha value is -1.08. The summed E-state index contributed by atoms with van der Waals surface area (Å²) in [6.07, 6.45) is 5.62. The molecule has 0 aliphatic heterocycles. The van der Waals surface area contributed by atoms with Gasteiger partial charge < -0.3 is 0 Å². The minimum atomic E-state index is 1.11. The molecule has 0 unspecified atom stereocenters. The second-order valence-electron chi connectivity index (χ2n) is 4.88. The molecule has 0 saturated heterocycles. The predicted molar refractivity (Wildman–Crippen MR) is 76.6 cm³/mol. The maximum Gasteiger partial charge on any atom is 0.0392 e. The highest BCUT2D eigenvalue weighted by atomic mass is 28.1. The first kappa shape index (κ1) is 11.4. The minimum Gasteiger partial charge on any atom is -0.0798 e. The summed E-state index contributed by atoms with van der Waals surface area (Å²) in [7, 11) is 1.15. The van der Waals surface area contributed by atoms with Gasteiger partial charge in [0.05, 0.1) is 0 Å². The van der Waals surface area contributed by atoms with Crippen molar-refractivity contribution in [3.05, 3.63) is 46.0 Å². The first-order chi connectivity index (χ1) is 7.52. The number of hydrogen-bond donors (Lipinski definition) is 0. The molecule has 1 heteroatoms. The fourth-order valence-corrected chi connectivity index (χ4v) is 3.13. The Bertz CT molecular complexity index is 505. The van der Waals surface area contributed by atoms with Crippen LogP contribution in [0.25, 0.3) is 5.57 Å². The molecule has 0 fully saturated rings. The lowest BCUT2D eigenvalue weighted by Crippen LogP contribution is -2.15. The van der Waals surface area contributed by atoms with Crippen LogP contribution in [0.15, 0.2) is 23.8 Å². The van der Waals surface area contributed by atoms with Crippen molar-refractivity contribution in [2.75, 3.05) is 0 Å². The van der Waals surface area contributed by atoms with Gasteiger partial charge in [0.15, 0.2) is 0 Å². The van der Waals surface area contributed by atoms with E-state index in [1.807, 2.05) is 0 Å². The van der Waals surface area contributed by atoms with Crippen molar-refractivity contribution in [3.8, 4) is 0 Å². The highest BCUT2D eigenvalue weighted by Crippen LogP contribution is 2.31. The number of benzene rings is 1. The topological polar surface area (TPSA) is 0 Å². The first-order valence-corrected chi connectivity index (χ1v) is 6.96. The fraction of sp³-hybridized carbons (Fsp3) is 0.333. The van der Waals surface area contributed by atoms with Gasteiger partial charge in [-0.1, -0.05) is 23.4 Å². The monoisotopic (exact) mass is 228 g/mol. The van der Waals surface area contributed by atoms with Crippen LogP contribution in [-0.4, -0.2) is 10.2 Å². The molecule has 1 aliphatic carbocycles. The molecule has 0 atom stereocenters. The lowest BCUT2D eigenvalue weighted by Gasteiger charge is -2.16. The van der Waals surface area contributed by atoms with Crippen molar-refractivity contribution in [2.45, 2.75) is 34.1 Å². The van der Waals surface area contributed by atoms with Gasteiger partial charge in [-0.3, -0.25) is 0 Å². The summed E-state index contributed by atoms with van der Waals surface area (Å²) >= 11 is 0. The van der Waals surface area contributed by atoms with Gasteiger partial charge >= 0.3 is 0 Å². The van der Waals surface area contributed by atoms with Crippen molar-refractivity contribution in [2.24, 2.45) is 0 Å². The average Bonchev–Trinajstić information content (AvgIpc) is 2.67. The van der Waals surface area contributed by atoms with E-state index in [0.29, 0.717) is 0 Å². The van der Waals surface area contributed by atoms with Gasteiger partial charge in [0.1, 0.15) is 0 Å². The summed E-state index contributed by atoms with van der Waals surface area (Å²) in [4.78, 5) is 0. The second-order valence-corrected chi connectivity index (χ2v) is 5.88. The molecule has 0 radical (unpaired) electrons. The largest absolute Gasteiger partial charge is 0.0798 e. The Kier molecular flexibility index (Phi) is 2.89. The summed E-state index contributed by atoms with van der Waals surface area (Å²) < 4.78 is 0. The molecule has 0 spiro atoms. The van der Waals surface area contributed by atoms with Gasteiger partial charge in [-0.05, 0) is 67.5 Å². The quantitative estimate of drug-likeness (QED) is 0.647. The van der Waals surface area contributed by atoms with E-state index in [4.69, 9.17) is 0 Å². The lowest BCUT2D eigenvalue weighted by molar-refractivity contribution is 1.29. The molecule has 0 aromatic heterocycles.